The van der Waals surface area contributed by atoms with E-state index in [9.17, 15) is 22.8 Å². The number of carbonyl (C=O) groups is 2. The van der Waals surface area contributed by atoms with Crippen LogP contribution < -0.4 is 5.32 Å². The molecule has 0 aromatic carbocycles. The number of likely N-dealkylation sites (tertiary alicyclic amines) is 1. The zero-order valence-corrected chi connectivity index (χ0v) is 11.4. The molecular formula is C12H19F3N2O3. The number of alkyl halides is 3. The van der Waals surface area contributed by atoms with Crippen molar-refractivity contribution in [1.29, 1.82) is 0 Å². The molecule has 0 saturated carbocycles. The van der Waals surface area contributed by atoms with Crippen LogP contribution in [0.5, 0.6) is 0 Å². The van der Waals surface area contributed by atoms with Crippen molar-refractivity contribution in [1.82, 2.24) is 10.2 Å². The van der Waals surface area contributed by atoms with E-state index in [1.807, 2.05) is 6.92 Å². The van der Waals surface area contributed by atoms with E-state index >= 15 is 0 Å². The zero-order chi connectivity index (χ0) is 15.5. The van der Waals surface area contributed by atoms with E-state index in [0.29, 0.717) is 12.8 Å². The van der Waals surface area contributed by atoms with E-state index in [0.717, 1.165) is 4.90 Å². The van der Waals surface area contributed by atoms with Crippen LogP contribution in [-0.2, 0) is 4.79 Å². The topological polar surface area (TPSA) is 69.6 Å². The van der Waals surface area contributed by atoms with E-state index in [2.05, 4.69) is 5.32 Å². The fourth-order valence-electron chi connectivity index (χ4n) is 2.31. The summed E-state index contributed by atoms with van der Waals surface area (Å²) in [6, 6.07) is -2.81. The summed E-state index contributed by atoms with van der Waals surface area (Å²) in [5, 5.41) is 11.3. The smallest absolute Gasteiger partial charge is 0.391 e. The first-order valence-corrected chi connectivity index (χ1v) is 6.47. The van der Waals surface area contributed by atoms with Crippen LogP contribution in [0.3, 0.4) is 0 Å². The second kappa shape index (κ2) is 6.32. The van der Waals surface area contributed by atoms with Gasteiger partial charge >= 0.3 is 18.2 Å². The Bertz CT molecular complexity index is 373. The van der Waals surface area contributed by atoms with Crippen molar-refractivity contribution in [3.63, 3.8) is 0 Å². The van der Waals surface area contributed by atoms with Gasteiger partial charge in [0, 0.05) is 12.6 Å². The maximum absolute atomic E-state index is 12.2. The van der Waals surface area contributed by atoms with Gasteiger partial charge in [0.25, 0.3) is 0 Å². The first kappa shape index (κ1) is 16.6. The van der Waals surface area contributed by atoms with Gasteiger partial charge in [-0.05, 0) is 25.7 Å². The van der Waals surface area contributed by atoms with Gasteiger partial charge in [-0.1, -0.05) is 6.92 Å². The number of hydrogen-bond acceptors (Lipinski definition) is 2. The van der Waals surface area contributed by atoms with Crippen LogP contribution in [0.25, 0.3) is 0 Å². The molecule has 5 nitrogen and oxygen atoms in total. The van der Waals surface area contributed by atoms with Crippen LogP contribution in [-0.4, -0.2) is 46.8 Å². The van der Waals surface area contributed by atoms with Crippen LogP contribution in [0.4, 0.5) is 18.0 Å². The summed E-state index contributed by atoms with van der Waals surface area (Å²) >= 11 is 0. The third-order valence-corrected chi connectivity index (χ3v) is 3.32. The molecule has 0 spiro atoms. The van der Waals surface area contributed by atoms with Gasteiger partial charge in [0.05, 0.1) is 6.42 Å². The quantitative estimate of drug-likeness (QED) is 0.839. The first-order valence-electron chi connectivity index (χ1n) is 6.47. The summed E-state index contributed by atoms with van der Waals surface area (Å²) in [7, 11) is 0. The third kappa shape index (κ3) is 4.90. The highest BCUT2D eigenvalue weighted by Crippen LogP contribution is 2.24. The van der Waals surface area contributed by atoms with Crippen molar-refractivity contribution in [2.24, 2.45) is 5.92 Å². The van der Waals surface area contributed by atoms with Gasteiger partial charge in [-0.15, -0.1) is 0 Å². The Labute approximate surface area is 115 Å². The Balaban J connectivity index is 2.63. The standard InChI is InChI=1S/C12H19F3N2O3/c1-7-3-4-17(9(5-7)10(18)19)11(20)16-8(2)6-12(13,14)15/h7-9H,3-6H2,1-2H3,(H,16,20)(H,18,19). The van der Waals surface area contributed by atoms with Crippen LogP contribution in [0.1, 0.15) is 33.1 Å². The molecule has 1 aliphatic heterocycles. The second-order valence-electron chi connectivity index (χ2n) is 5.35. The normalized spacial score (nSPS) is 25.1. The molecule has 0 aromatic rings. The maximum atomic E-state index is 12.2. The Morgan fingerprint density at radius 1 is 1.45 bits per heavy atom. The molecule has 20 heavy (non-hydrogen) atoms. The summed E-state index contributed by atoms with van der Waals surface area (Å²) in [5.74, 6) is -0.956. The SMILES string of the molecule is CC1CCN(C(=O)NC(C)CC(F)(F)F)C(C(=O)O)C1. The van der Waals surface area contributed by atoms with Crippen LogP contribution in [0.15, 0.2) is 0 Å². The first-order chi connectivity index (χ1) is 9.10. The van der Waals surface area contributed by atoms with Gasteiger partial charge in [0.2, 0.25) is 0 Å². The van der Waals surface area contributed by atoms with Gasteiger partial charge in [-0.2, -0.15) is 13.2 Å². The van der Waals surface area contributed by atoms with E-state index in [4.69, 9.17) is 5.11 Å². The van der Waals surface area contributed by atoms with Crippen LogP contribution in [0, 0.1) is 5.92 Å². The Kier molecular flexibility index (Phi) is 5.24. The fourth-order valence-corrected chi connectivity index (χ4v) is 2.31. The minimum Gasteiger partial charge on any atom is -0.480 e. The third-order valence-electron chi connectivity index (χ3n) is 3.32. The molecule has 1 aliphatic rings. The van der Waals surface area contributed by atoms with Gasteiger partial charge in [-0.25, -0.2) is 9.59 Å². The van der Waals surface area contributed by atoms with Crippen molar-refractivity contribution < 1.29 is 27.9 Å². The highest BCUT2D eigenvalue weighted by molar-refractivity contribution is 5.83. The lowest BCUT2D eigenvalue weighted by Crippen LogP contribution is -2.55. The van der Waals surface area contributed by atoms with Gasteiger partial charge in [0.15, 0.2) is 0 Å². The molecule has 8 heteroatoms. The lowest BCUT2D eigenvalue weighted by atomic mass is 9.93. The molecule has 3 atom stereocenters. The van der Waals surface area contributed by atoms with Crippen molar-refractivity contribution >= 4 is 12.0 Å². The number of piperidine rings is 1. The molecule has 0 aliphatic carbocycles. The molecule has 2 N–H and O–H groups in total. The summed E-state index contributed by atoms with van der Waals surface area (Å²) in [6.07, 6.45) is -4.54. The summed E-state index contributed by atoms with van der Waals surface area (Å²) in [4.78, 5) is 24.1. The Morgan fingerprint density at radius 3 is 2.55 bits per heavy atom. The minimum absolute atomic E-state index is 0.174. The number of nitrogens with one attached hydrogen (secondary N) is 1. The highest BCUT2D eigenvalue weighted by Gasteiger charge is 2.36. The molecule has 3 unspecified atom stereocenters. The largest absolute Gasteiger partial charge is 0.480 e. The number of rotatable bonds is 3. The molecule has 2 amide bonds. The second-order valence-corrected chi connectivity index (χ2v) is 5.35. The molecule has 1 rings (SSSR count). The Morgan fingerprint density at radius 2 is 2.05 bits per heavy atom. The number of carbonyl (C=O) groups excluding carboxylic acids is 1. The summed E-state index contributed by atoms with van der Waals surface area (Å²) in [6.45, 7) is 3.37. The summed E-state index contributed by atoms with van der Waals surface area (Å²) < 4.78 is 36.6. The fraction of sp³-hybridized carbons (Fsp3) is 0.833. The predicted octanol–water partition coefficient (Wildman–Crippen LogP) is 2.22. The van der Waals surface area contributed by atoms with E-state index in [-0.39, 0.29) is 12.5 Å². The number of urea groups is 1. The van der Waals surface area contributed by atoms with E-state index in [1.54, 1.807) is 0 Å². The number of amides is 2. The number of aliphatic carboxylic acids is 1. The van der Waals surface area contributed by atoms with Crippen molar-refractivity contribution in [2.45, 2.75) is 51.4 Å². The average Bonchev–Trinajstić information content (AvgIpc) is 2.25. The van der Waals surface area contributed by atoms with Crippen LogP contribution in [0.2, 0.25) is 0 Å². The minimum atomic E-state index is -4.37. The number of carboxylic acids is 1. The molecule has 0 aromatic heterocycles. The predicted molar refractivity (Wildman–Crippen MR) is 65.2 cm³/mol. The monoisotopic (exact) mass is 296 g/mol. The number of halogens is 3. The zero-order valence-electron chi connectivity index (χ0n) is 11.4. The highest BCUT2D eigenvalue weighted by atomic mass is 19.4. The molecule has 1 fully saturated rings. The van der Waals surface area contributed by atoms with Crippen molar-refractivity contribution in [3.05, 3.63) is 0 Å². The number of nitrogens with zero attached hydrogens (tertiary/aromatic N) is 1. The van der Waals surface area contributed by atoms with E-state index in [1.165, 1.54) is 6.92 Å². The molecule has 0 bridgehead atoms. The van der Waals surface area contributed by atoms with Crippen molar-refractivity contribution in [2.75, 3.05) is 6.54 Å². The van der Waals surface area contributed by atoms with Gasteiger partial charge < -0.3 is 15.3 Å². The van der Waals surface area contributed by atoms with Gasteiger partial charge in [0.1, 0.15) is 6.04 Å². The molecular weight excluding hydrogens is 277 g/mol. The van der Waals surface area contributed by atoms with Gasteiger partial charge in [-0.3, -0.25) is 0 Å². The molecule has 1 saturated heterocycles. The maximum Gasteiger partial charge on any atom is 0.391 e. The molecule has 1 heterocycles. The van der Waals surface area contributed by atoms with Crippen LogP contribution >= 0.6 is 0 Å². The molecule has 0 radical (unpaired) electrons. The number of hydrogen-bond donors (Lipinski definition) is 2. The average molecular weight is 296 g/mol. The Hall–Kier alpha value is -1.47. The lowest BCUT2D eigenvalue weighted by molar-refractivity contribution is -0.144. The lowest BCUT2D eigenvalue weighted by Gasteiger charge is -2.36. The van der Waals surface area contributed by atoms with E-state index < -0.39 is 36.7 Å². The molecule has 116 valence electrons. The van der Waals surface area contributed by atoms with Crippen molar-refractivity contribution in [3.8, 4) is 0 Å². The number of carboxylic acid groups (broad SMARTS) is 1. The summed E-state index contributed by atoms with van der Waals surface area (Å²) in [5.41, 5.74) is 0.